The average Bonchev–Trinajstić information content (AvgIpc) is 3.00. The molecule has 0 saturated heterocycles. The van der Waals surface area contributed by atoms with Gasteiger partial charge in [0.1, 0.15) is 5.82 Å². The maximum absolute atomic E-state index is 12.8. The van der Waals surface area contributed by atoms with Gasteiger partial charge >= 0.3 is 0 Å². The van der Waals surface area contributed by atoms with E-state index in [1.807, 2.05) is 59.5 Å². The summed E-state index contributed by atoms with van der Waals surface area (Å²) in [5, 5.41) is 3.47. The van der Waals surface area contributed by atoms with Crippen LogP contribution in [0, 0.1) is 0 Å². The Hall–Kier alpha value is -3.14. The topological polar surface area (TPSA) is 45.2 Å². The van der Waals surface area contributed by atoms with Crippen LogP contribution in [-0.2, 0) is 13.1 Å². The van der Waals surface area contributed by atoms with Crippen molar-refractivity contribution in [2.24, 2.45) is 0 Å². The maximum Gasteiger partial charge on any atom is 0.255 e. The fourth-order valence-corrected chi connectivity index (χ4v) is 3.37. The van der Waals surface area contributed by atoms with Gasteiger partial charge < -0.3 is 10.2 Å². The summed E-state index contributed by atoms with van der Waals surface area (Å²) < 4.78 is 0. The Bertz CT molecular complexity index is 909. The molecule has 1 aliphatic rings. The number of nitrogens with one attached hydrogen (secondary N) is 1. The van der Waals surface area contributed by atoms with Crippen molar-refractivity contribution in [3.63, 3.8) is 0 Å². The molecular formula is C22H21N3O. The number of carbonyl (C=O) groups is 1. The van der Waals surface area contributed by atoms with E-state index in [1.165, 1.54) is 5.56 Å². The highest BCUT2D eigenvalue weighted by atomic mass is 16.2. The standard InChI is InChI=1S/C22H21N3O/c1-16(18-10-6-3-7-11-18)24-21-20-15-25(14-17-8-4-2-5-9-17)22(26)19(20)12-13-23-21/h2-13,16H,14-15H2,1H3,(H,23,24). The molecule has 130 valence electrons. The Morgan fingerprint density at radius 1 is 1.04 bits per heavy atom. The SMILES string of the molecule is CC(Nc1nccc2c1CN(Cc1ccccc1)C2=O)c1ccccc1. The van der Waals surface area contributed by atoms with E-state index in [4.69, 9.17) is 0 Å². The first-order valence-corrected chi connectivity index (χ1v) is 8.85. The molecule has 3 aromatic rings. The van der Waals surface area contributed by atoms with Crippen molar-refractivity contribution >= 4 is 11.7 Å². The first kappa shape index (κ1) is 16.3. The molecule has 0 saturated carbocycles. The number of hydrogen-bond acceptors (Lipinski definition) is 3. The van der Waals surface area contributed by atoms with Gasteiger partial charge in [0.2, 0.25) is 0 Å². The van der Waals surface area contributed by atoms with Crippen LogP contribution in [0.3, 0.4) is 0 Å². The summed E-state index contributed by atoms with van der Waals surface area (Å²) in [6, 6.07) is 22.3. The molecule has 0 radical (unpaired) electrons. The fourth-order valence-electron chi connectivity index (χ4n) is 3.37. The summed E-state index contributed by atoms with van der Waals surface area (Å²) in [5.41, 5.74) is 4.06. The molecular weight excluding hydrogens is 322 g/mol. The summed E-state index contributed by atoms with van der Waals surface area (Å²) in [7, 11) is 0. The van der Waals surface area contributed by atoms with E-state index >= 15 is 0 Å². The van der Waals surface area contributed by atoms with Crippen molar-refractivity contribution in [1.29, 1.82) is 0 Å². The fraction of sp³-hybridized carbons (Fsp3) is 0.182. The van der Waals surface area contributed by atoms with Gasteiger partial charge in [-0.25, -0.2) is 4.98 Å². The van der Waals surface area contributed by atoms with E-state index in [-0.39, 0.29) is 11.9 Å². The van der Waals surface area contributed by atoms with E-state index in [2.05, 4.69) is 29.4 Å². The molecule has 1 aliphatic heterocycles. The number of aromatic nitrogens is 1. The number of fused-ring (bicyclic) bond motifs is 1. The number of benzene rings is 2. The second kappa shape index (κ2) is 7.00. The predicted octanol–water partition coefficient (Wildman–Crippen LogP) is 4.41. The van der Waals surface area contributed by atoms with E-state index < -0.39 is 0 Å². The lowest BCUT2D eigenvalue weighted by molar-refractivity contribution is 0.0767. The highest BCUT2D eigenvalue weighted by molar-refractivity contribution is 5.99. The minimum atomic E-state index is 0.0710. The largest absolute Gasteiger partial charge is 0.363 e. The van der Waals surface area contributed by atoms with Crippen LogP contribution < -0.4 is 5.32 Å². The summed E-state index contributed by atoms with van der Waals surface area (Å²) in [6.07, 6.45) is 1.71. The van der Waals surface area contributed by atoms with Crippen LogP contribution in [0.15, 0.2) is 72.9 Å². The molecule has 1 N–H and O–H groups in total. The van der Waals surface area contributed by atoms with Gasteiger partial charge in [-0.15, -0.1) is 0 Å². The minimum absolute atomic E-state index is 0.0710. The van der Waals surface area contributed by atoms with E-state index in [0.29, 0.717) is 13.1 Å². The molecule has 1 aromatic heterocycles. The number of carbonyl (C=O) groups excluding carboxylic acids is 1. The van der Waals surface area contributed by atoms with Crippen molar-refractivity contribution in [3.05, 3.63) is 95.2 Å². The molecule has 0 spiro atoms. The van der Waals surface area contributed by atoms with E-state index in [9.17, 15) is 4.79 Å². The van der Waals surface area contributed by atoms with Crippen molar-refractivity contribution in [2.75, 3.05) is 5.32 Å². The number of hydrogen-bond donors (Lipinski definition) is 1. The second-order valence-electron chi connectivity index (χ2n) is 6.61. The zero-order chi connectivity index (χ0) is 17.9. The molecule has 0 bridgehead atoms. The molecule has 2 heterocycles. The Morgan fingerprint density at radius 3 is 2.46 bits per heavy atom. The smallest absolute Gasteiger partial charge is 0.255 e. The minimum Gasteiger partial charge on any atom is -0.363 e. The second-order valence-corrected chi connectivity index (χ2v) is 6.61. The summed E-state index contributed by atoms with van der Waals surface area (Å²) in [4.78, 5) is 19.2. The van der Waals surface area contributed by atoms with Gasteiger partial charge in [-0.05, 0) is 24.1 Å². The number of pyridine rings is 1. The number of rotatable bonds is 5. The molecule has 4 rings (SSSR count). The molecule has 4 nitrogen and oxygen atoms in total. The lowest BCUT2D eigenvalue weighted by Crippen LogP contribution is -2.23. The molecule has 0 fully saturated rings. The van der Waals surface area contributed by atoms with Crippen molar-refractivity contribution in [3.8, 4) is 0 Å². The summed E-state index contributed by atoms with van der Waals surface area (Å²) in [5.74, 6) is 0.865. The molecule has 26 heavy (non-hydrogen) atoms. The van der Waals surface area contributed by atoms with Crippen LogP contribution >= 0.6 is 0 Å². The third-order valence-electron chi connectivity index (χ3n) is 4.79. The molecule has 4 heteroatoms. The van der Waals surface area contributed by atoms with Gasteiger partial charge in [-0.3, -0.25) is 4.79 Å². The number of nitrogens with zero attached hydrogens (tertiary/aromatic N) is 2. The zero-order valence-corrected chi connectivity index (χ0v) is 14.7. The van der Waals surface area contributed by atoms with Crippen molar-refractivity contribution in [1.82, 2.24) is 9.88 Å². The van der Waals surface area contributed by atoms with E-state index in [1.54, 1.807) is 6.20 Å². The van der Waals surface area contributed by atoms with Crippen molar-refractivity contribution in [2.45, 2.75) is 26.1 Å². The van der Waals surface area contributed by atoms with Crippen LogP contribution in [0.2, 0.25) is 0 Å². The zero-order valence-electron chi connectivity index (χ0n) is 14.7. The monoisotopic (exact) mass is 343 g/mol. The molecule has 1 amide bonds. The van der Waals surface area contributed by atoms with E-state index in [0.717, 1.165) is 22.5 Å². The third kappa shape index (κ3) is 3.18. The van der Waals surface area contributed by atoms with Crippen LogP contribution in [-0.4, -0.2) is 15.8 Å². The van der Waals surface area contributed by atoms with Gasteiger partial charge in [-0.2, -0.15) is 0 Å². The first-order chi connectivity index (χ1) is 12.7. The molecule has 1 atom stereocenters. The van der Waals surface area contributed by atoms with Crippen LogP contribution in [0.1, 0.15) is 40.0 Å². The van der Waals surface area contributed by atoms with Crippen molar-refractivity contribution < 1.29 is 4.79 Å². The Balaban J connectivity index is 1.56. The quantitative estimate of drug-likeness (QED) is 0.746. The molecule has 0 aliphatic carbocycles. The van der Waals surface area contributed by atoms with Gasteiger partial charge in [0.05, 0.1) is 6.54 Å². The summed E-state index contributed by atoms with van der Waals surface area (Å²) >= 11 is 0. The lowest BCUT2D eigenvalue weighted by Gasteiger charge is -2.18. The summed E-state index contributed by atoms with van der Waals surface area (Å²) in [6.45, 7) is 3.30. The Morgan fingerprint density at radius 2 is 1.73 bits per heavy atom. The third-order valence-corrected chi connectivity index (χ3v) is 4.79. The maximum atomic E-state index is 12.8. The number of anilines is 1. The highest BCUT2D eigenvalue weighted by Gasteiger charge is 2.30. The van der Waals surface area contributed by atoms with Gasteiger partial charge in [0, 0.05) is 29.9 Å². The highest BCUT2D eigenvalue weighted by Crippen LogP contribution is 2.30. The number of amides is 1. The Labute approximate surface area is 153 Å². The van der Waals surface area contributed by atoms with Crippen LogP contribution in [0.4, 0.5) is 5.82 Å². The predicted molar refractivity (Wildman–Crippen MR) is 103 cm³/mol. The lowest BCUT2D eigenvalue weighted by atomic mass is 10.1. The van der Waals surface area contributed by atoms with Gasteiger partial charge in [0.25, 0.3) is 5.91 Å². The van der Waals surface area contributed by atoms with Crippen LogP contribution in [0.25, 0.3) is 0 Å². The normalized spacial score (nSPS) is 14.2. The van der Waals surface area contributed by atoms with Crippen LogP contribution in [0.5, 0.6) is 0 Å². The van der Waals surface area contributed by atoms with Gasteiger partial charge in [0.15, 0.2) is 0 Å². The molecule has 1 unspecified atom stereocenters. The van der Waals surface area contributed by atoms with Gasteiger partial charge in [-0.1, -0.05) is 60.7 Å². The average molecular weight is 343 g/mol. The first-order valence-electron chi connectivity index (χ1n) is 8.85. The molecule has 2 aromatic carbocycles. The Kier molecular flexibility index (Phi) is 4.40.